The summed E-state index contributed by atoms with van der Waals surface area (Å²) >= 11 is 5.76. The van der Waals surface area contributed by atoms with Crippen LogP contribution < -0.4 is 4.31 Å². The van der Waals surface area contributed by atoms with Crippen molar-refractivity contribution in [2.24, 2.45) is 0 Å². The van der Waals surface area contributed by atoms with E-state index in [-0.39, 0.29) is 10.9 Å². The molecule has 108 valence electrons. The monoisotopic (exact) mass is 317 g/mol. The zero-order valence-corrected chi connectivity index (χ0v) is 12.5. The van der Waals surface area contributed by atoms with Crippen molar-refractivity contribution in [3.8, 4) is 0 Å². The number of aromatic amines is 1. The minimum Gasteiger partial charge on any atom is -0.281 e. The van der Waals surface area contributed by atoms with Gasteiger partial charge in [0.2, 0.25) is 5.03 Å². The summed E-state index contributed by atoms with van der Waals surface area (Å²) in [6.45, 7) is 1.70. The van der Waals surface area contributed by atoms with Crippen LogP contribution >= 0.6 is 11.6 Å². The van der Waals surface area contributed by atoms with Gasteiger partial charge in [-0.1, -0.05) is 0 Å². The summed E-state index contributed by atoms with van der Waals surface area (Å²) in [5.41, 5.74) is 1.37. The van der Waals surface area contributed by atoms with Crippen LogP contribution in [0.25, 0.3) is 0 Å². The van der Waals surface area contributed by atoms with E-state index in [0.717, 1.165) is 4.31 Å². The summed E-state index contributed by atoms with van der Waals surface area (Å²) in [6, 6.07) is 5.15. The predicted molar refractivity (Wildman–Crippen MR) is 74.9 cm³/mol. The molecule has 20 heavy (non-hydrogen) atoms. The van der Waals surface area contributed by atoms with E-state index in [0.29, 0.717) is 16.9 Å². The molecule has 5 nitrogen and oxygen atoms in total. The molecular weight excluding hydrogens is 305 g/mol. The Morgan fingerprint density at radius 1 is 1.35 bits per heavy atom. The third kappa shape index (κ3) is 2.51. The number of hydrogen-bond acceptors (Lipinski definition) is 3. The molecule has 0 saturated carbocycles. The smallest absolute Gasteiger partial charge is 0.281 e. The molecule has 0 saturated heterocycles. The number of nitrogens with one attached hydrogen (secondary N) is 1. The van der Waals surface area contributed by atoms with Gasteiger partial charge in [0.05, 0.1) is 11.6 Å². The molecule has 1 aromatic heterocycles. The molecule has 1 N–H and O–H groups in total. The van der Waals surface area contributed by atoms with Crippen molar-refractivity contribution in [1.82, 2.24) is 10.2 Å². The average Bonchev–Trinajstić information content (AvgIpc) is 2.80. The zero-order valence-electron chi connectivity index (χ0n) is 10.9. The first-order valence-electron chi connectivity index (χ1n) is 5.72. The van der Waals surface area contributed by atoms with Crippen LogP contribution in [0.1, 0.15) is 11.3 Å². The fourth-order valence-electron chi connectivity index (χ4n) is 1.72. The number of halogens is 2. The fraction of sp³-hybridized carbons (Fsp3) is 0.250. The van der Waals surface area contributed by atoms with E-state index < -0.39 is 15.8 Å². The van der Waals surface area contributed by atoms with Gasteiger partial charge >= 0.3 is 0 Å². The normalized spacial score (nSPS) is 11.6. The molecule has 0 unspecified atom stereocenters. The number of aryl methyl sites for hydroxylation is 1. The van der Waals surface area contributed by atoms with E-state index in [1.807, 2.05) is 0 Å². The molecule has 0 radical (unpaired) electrons. The Morgan fingerprint density at radius 2 is 1.95 bits per heavy atom. The highest BCUT2D eigenvalue weighted by atomic mass is 35.5. The Hall–Kier alpha value is -1.60. The standard InChI is InChI=1S/C12H13ClFN3O2S/c1-8-11(7-13)12(16-15-8)20(18,19)17(2)10-5-3-9(14)4-6-10/h3-6H,7H2,1-2H3,(H,15,16). The number of anilines is 1. The fourth-order valence-corrected chi connectivity index (χ4v) is 3.48. The van der Waals surface area contributed by atoms with Gasteiger partial charge in [0, 0.05) is 18.3 Å². The molecule has 0 aliphatic heterocycles. The highest BCUT2D eigenvalue weighted by molar-refractivity contribution is 7.92. The van der Waals surface area contributed by atoms with E-state index >= 15 is 0 Å². The van der Waals surface area contributed by atoms with Crippen LogP contribution in [0, 0.1) is 12.7 Å². The highest BCUT2D eigenvalue weighted by Gasteiger charge is 2.28. The molecule has 2 aromatic rings. The second kappa shape index (κ2) is 5.41. The first-order chi connectivity index (χ1) is 9.37. The maximum Gasteiger partial charge on any atom is 0.283 e. The van der Waals surface area contributed by atoms with E-state index in [2.05, 4.69) is 10.2 Å². The summed E-state index contributed by atoms with van der Waals surface area (Å²) in [4.78, 5) is 0. The number of nitrogens with zero attached hydrogens (tertiary/aromatic N) is 2. The van der Waals surface area contributed by atoms with Crippen molar-refractivity contribution in [3.05, 3.63) is 41.3 Å². The summed E-state index contributed by atoms with van der Waals surface area (Å²) in [5, 5.41) is 6.30. The van der Waals surface area contributed by atoms with Gasteiger partial charge in [0.1, 0.15) is 5.82 Å². The minimum atomic E-state index is -3.84. The van der Waals surface area contributed by atoms with Crippen LogP contribution in [-0.4, -0.2) is 25.7 Å². The molecule has 1 aromatic carbocycles. The Morgan fingerprint density at radius 3 is 2.50 bits per heavy atom. The van der Waals surface area contributed by atoms with Crippen LogP contribution in [-0.2, 0) is 15.9 Å². The Kier molecular flexibility index (Phi) is 4.01. The maximum atomic E-state index is 12.9. The molecule has 1 heterocycles. The summed E-state index contributed by atoms with van der Waals surface area (Å²) in [7, 11) is -2.46. The van der Waals surface area contributed by atoms with Gasteiger partial charge in [-0.2, -0.15) is 13.5 Å². The number of benzene rings is 1. The van der Waals surface area contributed by atoms with Crippen molar-refractivity contribution in [3.63, 3.8) is 0 Å². The van der Waals surface area contributed by atoms with Gasteiger partial charge in [0.15, 0.2) is 0 Å². The van der Waals surface area contributed by atoms with Crippen molar-refractivity contribution >= 4 is 27.3 Å². The second-order valence-electron chi connectivity index (χ2n) is 4.21. The molecule has 0 amide bonds. The second-order valence-corrected chi connectivity index (χ2v) is 6.37. The van der Waals surface area contributed by atoms with Crippen LogP contribution in [0.2, 0.25) is 0 Å². The number of sulfonamides is 1. The SMILES string of the molecule is Cc1[nH]nc(S(=O)(=O)N(C)c2ccc(F)cc2)c1CCl. The van der Waals surface area contributed by atoms with E-state index in [1.54, 1.807) is 6.92 Å². The van der Waals surface area contributed by atoms with Crippen LogP contribution in [0.15, 0.2) is 29.3 Å². The first-order valence-corrected chi connectivity index (χ1v) is 7.69. The van der Waals surface area contributed by atoms with Gasteiger partial charge in [-0.25, -0.2) is 4.39 Å². The Balaban J connectivity index is 2.46. The largest absolute Gasteiger partial charge is 0.283 e. The molecule has 0 fully saturated rings. The Labute approximate surface area is 121 Å². The van der Waals surface area contributed by atoms with Gasteiger partial charge in [-0.15, -0.1) is 11.6 Å². The molecule has 0 atom stereocenters. The molecule has 2 rings (SSSR count). The number of rotatable bonds is 4. The number of alkyl halides is 1. The third-order valence-corrected chi connectivity index (χ3v) is 4.99. The number of aromatic nitrogens is 2. The third-order valence-electron chi connectivity index (χ3n) is 2.96. The van der Waals surface area contributed by atoms with Crippen molar-refractivity contribution in [2.75, 3.05) is 11.4 Å². The number of H-pyrrole nitrogens is 1. The lowest BCUT2D eigenvalue weighted by atomic mass is 10.3. The van der Waals surface area contributed by atoms with Crippen molar-refractivity contribution < 1.29 is 12.8 Å². The molecular formula is C12H13ClFN3O2S. The molecule has 0 aliphatic rings. The van der Waals surface area contributed by atoms with Crippen molar-refractivity contribution in [1.29, 1.82) is 0 Å². The van der Waals surface area contributed by atoms with Gasteiger partial charge in [0.25, 0.3) is 10.0 Å². The minimum absolute atomic E-state index is 0.0359. The quantitative estimate of drug-likeness (QED) is 0.881. The number of hydrogen-bond donors (Lipinski definition) is 1. The topological polar surface area (TPSA) is 66.1 Å². The molecule has 0 spiro atoms. The van der Waals surface area contributed by atoms with Crippen LogP contribution in [0.3, 0.4) is 0 Å². The van der Waals surface area contributed by atoms with E-state index in [9.17, 15) is 12.8 Å². The summed E-state index contributed by atoms with van der Waals surface area (Å²) < 4.78 is 38.9. The van der Waals surface area contributed by atoms with Gasteiger partial charge < -0.3 is 0 Å². The first kappa shape index (κ1) is 14.8. The van der Waals surface area contributed by atoms with Crippen molar-refractivity contribution in [2.45, 2.75) is 17.8 Å². The van der Waals surface area contributed by atoms with E-state index in [4.69, 9.17) is 11.6 Å². The average molecular weight is 318 g/mol. The lowest BCUT2D eigenvalue weighted by Gasteiger charge is -2.18. The summed E-state index contributed by atoms with van der Waals surface area (Å²) in [5.74, 6) is -0.398. The van der Waals surface area contributed by atoms with Gasteiger partial charge in [-0.05, 0) is 31.2 Å². The van der Waals surface area contributed by atoms with Crippen LogP contribution in [0.4, 0.5) is 10.1 Å². The Bertz CT molecular complexity index is 713. The zero-order chi connectivity index (χ0) is 14.9. The van der Waals surface area contributed by atoms with Gasteiger partial charge in [-0.3, -0.25) is 9.40 Å². The lowest BCUT2D eigenvalue weighted by Crippen LogP contribution is -2.27. The maximum absolute atomic E-state index is 12.9. The molecule has 0 aliphatic carbocycles. The predicted octanol–water partition coefficient (Wildman–Crippen LogP) is 2.42. The lowest BCUT2D eigenvalue weighted by molar-refractivity contribution is 0.589. The molecule has 8 heteroatoms. The highest BCUT2D eigenvalue weighted by Crippen LogP contribution is 2.25. The summed E-state index contributed by atoms with van der Waals surface area (Å²) in [6.07, 6.45) is 0. The van der Waals surface area contributed by atoms with E-state index in [1.165, 1.54) is 31.3 Å². The molecule has 0 bridgehead atoms. The van der Waals surface area contributed by atoms with Crippen LogP contribution in [0.5, 0.6) is 0 Å².